The van der Waals surface area contributed by atoms with Crippen LogP contribution in [0, 0.1) is 11.3 Å². The van der Waals surface area contributed by atoms with Gasteiger partial charge in [0.15, 0.2) is 11.7 Å². The van der Waals surface area contributed by atoms with E-state index in [1.54, 1.807) is 0 Å². The zero-order chi connectivity index (χ0) is 17.4. The van der Waals surface area contributed by atoms with Gasteiger partial charge in [-0.15, -0.1) is 24.0 Å². The molecule has 3 unspecified atom stereocenters. The zero-order valence-corrected chi connectivity index (χ0v) is 18.3. The molecule has 3 fully saturated rings. The standard InChI is InChI=1S/C19H30N4O2.HI/c1-4-20-18(21-11-13-10-15(12(2)3)23-25-13)22-16-14-6-9-24-17(14)19(16)7-5-8-19;/h10,12,14,16-17H,4-9,11H2,1-3H3,(H2,20,21,22);1H. The SMILES string of the molecule is CCNC(=NCc1cc(C(C)C)no1)NC1C2CCOC2C12CCC2.I. The first-order valence-electron chi connectivity index (χ1n) is 9.76. The van der Waals surface area contributed by atoms with Crippen molar-refractivity contribution in [3.8, 4) is 0 Å². The predicted molar refractivity (Wildman–Crippen MR) is 112 cm³/mol. The minimum Gasteiger partial charge on any atom is -0.377 e. The lowest BCUT2D eigenvalue weighted by Gasteiger charge is -2.63. The molecular weight excluding hydrogens is 443 g/mol. The molecule has 2 N–H and O–H groups in total. The summed E-state index contributed by atoms with van der Waals surface area (Å²) in [5, 5.41) is 11.2. The molecule has 0 amide bonds. The molecule has 26 heavy (non-hydrogen) atoms. The van der Waals surface area contributed by atoms with Crippen LogP contribution in [-0.4, -0.2) is 36.4 Å². The van der Waals surface area contributed by atoms with Gasteiger partial charge in [-0.1, -0.05) is 25.4 Å². The minimum atomic E-state index is 0. The third-order valence-electron chi connectivity index (χ3n) is 6.23. The van der Waals surface area contributed by atoms with E-state index in [1.165, 1.54) is 25.7 Å². The summed E-state index contributed by atoms with van der Waals surface area (Å²) in [5.74, 6) is 2.71. The maximum Gasteiger partial charge on any atom is 0.191 e. The van der Waals surface area contributed by atoms with E-state index in [0.717, 1.165) is 30.6 Å². The number of fused-ring (bicyclic) bond motifs is 2. The van der Waals surface area contributed by atoms with E-state index in [9.17, 15) is 0 Å². The zero-order valence-electron chi connectivity index (χ0n) is 16.0. The van der Waals surface area contributed by atoms with E-state index in [1.807, 2.05) is 6.07 Å². The highest BCUT2D eigenvalue weighted by Crippen LogP contribution is 2.62. The Morgan fingerprint density at radius 3 is 2.85 bits per heavy atom. The van der Waals surface area contributed by atoms with Gasteiger partial charge >= 0.3 is 0 Å². The Hall–Kier alpha value is -0.830. The quantitative estimate of drug-likeness (QED) is 0.389. The molecular formula is C19H31IN4O2. The molecule has 146 valence electrons. The molecule has 1 aliphatic heterocycles. The van der Waals surface area contributed by atoms with Crippen molar-refractivity contribution in [2.45, 2.75) is 71.1 Å². The van der Waals surface area contributed by atoms with Crippen LogP contribution >= 0.6 is 24.0 Å². The molecule has 0 aromatic carbocycles. The lowest BCUT2D eigenvalue weighted by atomic mass is 9.46. The van der Waals surface area contributed by atoms with Crippen LogP contribution in [0.2, 0.25) is 0 Å². The Morgan fingerprint density at radius 1 is 1.42 bits per heavy atom. The van der Waals surface area contributed by atoms with Crippen LogP contribution in [0.3, 0.4) is 0 Å². The second kappa shape index (κ2) is 8.04. The second-order valence-corrected chi connectivity index (χ2v) is 8.02. The average molecular weight is 474 g/mol. The minimum absolute atomic E-state index is 0. The monoisotopic (exact) mass is 474 g/mol. The number of hydrogen-bond acceptors (Lipinski definition) is 4. The molecule has 3 aliphatic rings. The largest absolute Gasteiger partial charge is 0.377 e. The van der Waals surface area contributed by atoms with Crippen molar-refractivity contribution in [1.82, 2.24) is 15.8 Å². The summed E-state index contributed by atoms with van der Waals surface area (Å²) in [5.41, 5.74) is 1.34. The van der Waals surface area contributed by atoms with E-state index in [0.29, 0.717) is 35.9 Å². The van der Waals surface area contributed by atoms with Crippen LogP contribution < -0.4 is 10.6 Å². The summed E-state index contributed by atoms with van der Waals surface area (Å²) in [6.07, 6.45) is 5.54. The third kappa shape index (κ3) is 3.37. The van der Waals surface area contributed by atoms with Gasteiger partial charge in [0, 0.05) is 36.6 Å². The lowest BCUT2D eigenvalue weighted by Crippen LogP contribution is -2.72. The number of ether oxygens (including phenoxy) is 1. The molecule has 2 aliphatic carbocycles. The van der Waals surface area contributed by atoms with E-state index in [2.05, 4.69) is 36.6 Å². The van der Waals surface area contributed by atoms with Crippen molar-refractivity contribution in [2.24, 2.45) is 16.3 Å². The number of guanidine groups is 1. The fraction of sp³-hybridized carbons (Fsp3) is 0.789. The molecule has 0 bridgehead atoms. The third-order valence-corrected chi connectivity index (χ3v) is 6.23. The molecule has 1 aromatic rings. The van der Waals surface area contributed by atoms with Gasteiger partial charge in [-0.2, -0.15) is 0 Å². The van der Waals surface area contributed by atoms with Gasteiger partial charge in [0.05, 0.1) is 11.8 Å². The van der Waals surface area contributed by atoms with E-state index in [-0.39, 0.29) is 24.0 Å². The topological polar surface area (TPSA) is 71.7 Å². The van der Waals surface area contributed by atoms with Gasteiger partial charge in [0.1, 0.15) is 6.54 Å². The molecule has 3 atom stereocenters. The first-order valence-corrected chi connectivity index (χ1v) is 9.76. The van der Waals surface area contributed by atoms with Crippen molar-refractivity contribution in [2.75, 3.05) is 13.2 Å². The number of aromatic nitrogens is 1. The summed E-state index contributed by atoms with van der Waals surface area (Å²) in [6, 6.07) is 2.50. The Morgan fingerprint density at radius 2 is 2.23 bits per heavy atom. The Bertz CT molecular complexity index is 641. The summed E-state index contributed by atoms with van der Waals surface area (Å²) < 4.78 is 11.4. The average Bonchev–Trinajstić information content (AvgIpc) is 3.16. The first kappa shape index (κ1) is 19.9. The number of nitrogens with zero attached hydrogens (tertiary/aromatic N) is 2. The van der Waals surface area contributed by atoms with E-state index >= 15 is 0 Å². The molecule has 7 heteroatoms. The van der Waals surface area contributed by atoms with Crippen LogP contribution in [-0.2, 0) is 11.3 Å². The van der Waals surface area contributed by atoms with Crippen molar-refractivity contribution >= 4 is 29.9 Å². The molecule has 0 radical (unpaired) electrons. The van der Waals surface area contributed by atoms with Gasteiger partial charge in [-0.25, -0.2) is 4.99 Å². The number of nitrogens with one attached hydrogen (secondary N) is 2. The number of halogens is 1. The number of rotatable bonds is 5. The van der Waals surface area contributed by atoms with Gasteiger partial charge in [-0.05, 0) is 32.1 Å². The van der Waals surface area contributed by atoms with Crippen LogP contribution in [0.5, 0.6) is 0 Å². The van der Waals surface area contributed by atoms with Gasteiger partial charge in [0.2, 0.25) is 0 Å². The predicted octanol–water partition coefficient (Wildman–Crippen LogP) is 3.43. The normalized spacial score (nSPS) is 28.9. The van der Waals surface area contributed by atoms with Crippen LogP contribution in [0.15, 0.2) is 15.6 Å². The maximum atomic E-state index is 6.01. The summed E-state index contributed by atoms with van der Waals surface area (Å²) >= 11 is 0. The van der Waals surface area contributed by atoms with Crippen molar-refractivity contribution in [3.05, 3.63) is 17.5 Å². The molecule has 4 rings (SSSR count). The molecule has 2 saturated carbocycles. The lowest BCUT2D eigenvalue weighted by molar-refractivity contribution is -0.171. The van der Waals surface area contributed by atoms with Crippen molar-refractivity contribution in [3.63, 3.8) is 0 Å². The fourth-order valence-electron chi connectivity index (χ4n) is 4.76. The molecule has 1 saturated heterocycles. The molecule has 1 aromatic heterocycles. The first-order chi connectivity index (χ1) is 12.1. The highest BCUT2D eigenvalue weighted by Gasteiger charge is 2.66. The highest BCUT2D eigenvalue weighted by atomic mass is 127. The smallest absolute Gasteiger partial charge is 0.191 e. The number of hydrogen-bond donors (Lipinski definition) is 2. The number of aliphatic imine (C=N–C) groups is 1. The molecule has 1 spiro atoms. The van der Waals surface area contributed by atoms with Gasteiger partial charge in [-0.3, -0.25) is 0 Å². The second-order valence-electron chi connectivity index (χ2n) is 8.02. The maximum absolute atomic E-state index is 6.01. The van der Waals surface area contributed by atoms with E-state index < -0.39 is 0 Å². The molecule has 6 nitrogen and oxygen atoms in total. The summed E-state index contributed by atoms with van der Waals surface area (Å²) in [7, 11) is 0. The van der Waals surface area contributed by atoms with Gasteiger partial charge in [0.25, 0.3) is 0 Å². The fourth-order valence-corrected chi connectivity index (χ4v) is 4.76. The van der Waals surface area contributed by atoms with Crippen molar-refractivity contribution < 1.29 is 9.26 Å². The summed E-state index contributed by atoms with van der Waals surface area (Å²) in [6.45, 7) is 8.61. The Labute approximate surface area is 172 Å². The molecule has 2 heterocycles. The van der Waals surface area contributed by atoms with Crippen LogP contribution in [0.1, 0.15) is 63.8 Å². The van der Waals surface area contributed by atoms with Crippen LogP contribution in [0.25, 0.3) is 0 Å². The highest BCUT2D eigenvalue weighted by molar-refractivity contribution is 14.0. The van der Waals surface area contributed by atoms with Gasteiger partial charge < -0.3 is 19.9 Å². The van der Waals surface area contributed by atoms with Crippen LogP contribution in [0.4, 0.5) is 0 Å². The Kier molecular flexibility index (Phi) is 6.16. The Balaban J connectivity index is 0.00000196. The van der Waals surface area contributed by atoms with Crippen molar-refractivity contribution in [1.29, 1.82) is 0 Å². The van der Waals surface area contributed by atoms with E-state index in [4.69, 9.17) is 14.3 Å². The summed E-state index contributed by atoms with van der Waals surface area (Å²) in [4.78, 5) is 4.74.